The van der Waals surface area contributed by atoms with Crippen molar-refractivity contribution in [2.75, 3.05) is 11.4 Å². The van der Waals surface area contributed by atoms with Gasteiger partial charge < -0.3 is 10.0 Å². The fourth-order valence-electron chi connectivity index (χ4n) is 2.25. The van der Waals surface area contributed by atoms with E-state index < -0.39 is 6.10 Å². The lowest BCUT2D eigenvalue weighted by molar-refractivity contribution is 0.183. The van der Waals surface area contributed by atoms with Crippen molar-refractivity contribution >= 4 is 17.3 Å². The molecule has 0 aliphatic heterocycles. The summed E-state index contributed by atoms with van der Waals surface area (Å²) in [4.78, 5) is 10.6. The molecule has 0 amide bonds. The van der Waals surface area contributed by atoms with Gasteiger partial charge in [-0.3, -0.25) is 0 Å². The number of benzene rings is 1. The topological polar surface area (TPSA) is 49.2 Å². The Bertz CT molecular complexity index is 674. The van der Waals surface area contributed by atoms with Gasteiger partial charge >= 0.3 is 0 Å². The molecule has 3 rings (SSSR count). The van der Waals surface area contributed by atoms with Crippen LogP contribution < -0.4 is 4.90 Å². The summed E-state index contributed by atoms with van der Waals surface area (Å²) in [5.74, 6) is 0.626. The molecule has 2 heterocycles. The highest BCUT2D eigenvalue weighted by molar-refractivity contribution is 7.07. The summed E-state index contributed by atoms with van der Waals surface area (Å²) in [6, 6.07) is 13.9. The highest BCUT2D eigenvalue weighted by atomic mass is 32.1. The number of thiophene rings is 1. The first kappa shape index (κ1) is 14.7. The van der Waals surface area contributed by atoms with Gasteiger partial charge in [0, 0.05) is 18.9 Å². The maximum Gasteiger partial charge on any atom is 0.225 e. The molecule has 2 aromatic heterocycles. The zero-order chi connectivity index (χ0) is 15.2. The first-order valence-electron chi connectivity index (χ1n) is 7.09. The maximum absolute atomic E-state index is 10.4. The summed E-state index contributed by atoms with van der Waals surface area (Å²) in [6.07, 6.45) is 2.88. The zero-order valence-corrected chi connectivity index (χ0v) is 12.9. The summed E-state index contributed by atoms with van der Waals surface area (Å²) in [5.41, 5.74) is 2.09. The predicted molar refractivity (Wildman–Crippen MR) is 88.8 cm³/mol. The van der Waals surface area contributed by atoms with E-state index in [1.807, 2.05) is 39.9 Å². The van der Waals surface area contributed by atoms with Crippen molar-refractivity contribution in [2.24, 2.45) is 0 Å². The second-order valence-electron chi connectivity index (χ2n) is 4.99. The van der Waals surface area contributed by atoms with Crippen molar-refractivity contribution in [1.29, 1.82) is 0 Å². The van der Waals surface area contributed by atoms with Crippen molar-refractivity contribution in [3.8, 4) is 0 Å². The van der Waals surface area contributed by atoms with Crippen LogP contribution in [0.5, 0.6) is 0 Å². The molecular weight excluding hydrogens is 294 g/mol. The Morgan fingerprint density at radius 1 is 1.05 bits per heavy atom. The first-order valence-corrected chi connectivity index (χ1v) is 8.03. The third-order valence-corrected chi connectivity index (χ3v) is 4.07. The monoisotopic (exact) mass is 311 g/mol. The average Bonchev–Trinajstić information content (AvgIpc) is 3.11. The Kier molecular flexibility index (Phi) is 4.78. The predicted octanol–water partition coefficient (Wildman–Crippen LogP) is 3.28. The molecule has 0 unspecified atom stereocenters. The molecule has 1 N–H and O–H groups in total. The number of hydrogen-bond donors (Lipinski definition) is 1. The van der Waals surface area contributed by atoms with E-state index in [1.165, 1.54) is 0 Å². The van der Waals surface area contributed by atoms with Crippen molar-refractivity contribution < 1.29 is 5.11 Å². The van der Waals surface area contributed by atoms with E-state index in [2.05, 4.69) is 22.1 Å². The average molecular weight is 311 g/mol. The van der Waals surface area contributed by atoms with Gasteiger partial charge in [-0.25, -0.2) is 9.97 Å². The van der Waals surface area contributed by atoms with Crippen LogP contribution in [0.1, 0.15) is 17.2 Å². The van der Waals surface area contributed by atoms with Crippen molar-refractivity contribution in [1.82, 2.24) is 9.97 Å². The molecule has 1 atom stereocenters. The van der Waals surface area contributed by atoms with Gasteiger partial charge in [-0.15, -0.1) is 0 Å². The van der Waals surface area contributed by atoms with Gasteiger partial charge in [0.15, 0.2) is 0 Å². The second kappa shape index (κ2) is 7.15. The SMILES string of the molecule is O[C@@H](CN(Cc1ccccc1)c1ncccn1)c1ccsc1. The minimum absolute atomic E-state index is 0.454. The smallest absolute Gasteiger partial charge is 0.225 e. The molecule has 3 aromatic rings. The van der Waals surface area contributed by atoms with E-state index >= 15 is 0 Å². The Hall–Kier alpha value is -2.24. The quantitative estimate of drug-likeness (QED) is 0.759. The fraction of sp³-hybridized carbons (Fsp3) is 0.176. The lowest BCUT2D eigenvalue weighted by atomic mass is 10.1. The van der Waals surface area contributed by atoms with Gasteiger partial charge in [0.25, 0.3) is 0 Å². The number of aliphatic hydroxyl groups excluding tert-OH is 1. The zero-order valence-electron chi connectivity index (χ0n) is 12.0. The lowest BCUT2D eigenvalue weighted by Crippen LogP contribution is -2.29. The fourth-order valence-corrected chi connectivity index (χ4v) is 2.96. The van der Waals surface area contributed by atoms with Crippen LogP contribution in [-0.4, -0.2) is 21.6 Å². The van der Waals surface area contributed by atoms with E-state index in [0.29, 0.717) is 19.0 Å². The number of aromatic nitrogens is 2. The molecule has 112 valence electrons. The number of nitrogens with zero attached hydrogens (tertiary/aromatic N) is 3. The molecular formula is C17H17N3OS. The summed E-state index contributed by atoms with van der Waals surface area (Å²) in [5, 5.41) is 14.4. The van der Waals surface area contributed by atoms with Gasteiger partial charge in [0.05, 0.1) is 12.6 Å². The van der Waals surface area contributed by atoms with Crippen molar-refractivity contribution in [2.45, 2.75) is 12.6 Å². The summed E-state index contributed by atoms with van der Waals surface area (Å²) < 4.78 is 0. The van der Waals surface area contributed by atoms with Crippen LogP contribution in [-0.2, 0) is 6.54 Å². The van der Waals surface area contributed by atoms with Gasteiger partial charge in [0.2, 0.25) is 5.95 Å². The van der Waals surface area contributed by atoms with Crippen LogP contribution >= 0.6 is 11.3 Å². The summed E-state index contributed by atoms with van der Waals surface area (Å²) >= 11 is 1.59. The van der Waals surface area contributed by atoms with Crippen LogP contribution in [0.3, 0.4) is 0 Å². The van der Waals surface area contributed by atoms with E-state index in [1.54, 1.807) is 29.8 Å². The van der Waals surface area contributed by atoms with Crippen LogP contribution in [0.2, 0.25) is 0 Å². The standard InChI is InChI=1S/C17H17N3OS/c21-16(15-7-10-22-13-15)12-20(17-18-8-4-9-19-17)11-14-5-2-1-3-6-14/h1-10,13,16,21H,11-12H2/t16-/m0/s1. The Labute approximate surface area is 133 Å². The molecule has 22 heavy (non-hydrogen) atoms. The highest BCUT2D eigenvalue weighted by Crippen LogP contribution is 2.20. The largest absolute Gasteiger partial charge is 0.387 e. The van der Waals surface area contributed by atoms with Crippen LogP contribution in [0.15, 0.2) is 65.6 Å². The molecule has 0 saturated carbocycles. The number of aliphatic hydroxyl groups is 1. The minimum Gasteiger partial charge on any atom is -0.387 e. The Balaban J connectivity index is 1.80. The van der Waals surface area contributed by atoms with Gasteiger partial charge in [-0.1, -0.05) is 30.3 Å². The van der Waals surface area contributed by atoms with Crippen LogP contribution in [0, 0.1) is 0 Å². The van der Waals surface area contributed by atoms with Gasteiger partial charge in [0.1, 0.15) is 0 Å². The highest BCUT2D eigenvalue weighted by Gasteiger charge is 2.16. The maximum atomic E-state index is 10.4. The lowest BCUT2D eigenvalue weighted by Gasteiger charge is -2.25. The number of rotatable bonds is 6. The molecule has 1 aromatic carbocycles. The van der Waals surface area contributed by atoms with E-state index in [4.69, 9.17) is 0 Å². The Morgan fingerprint density at radius 2 is 1.82 bits per heavy atom. The van der Waals surface area contributed by atoms with E-state index in [-0.39, 0.29) is 0 Å². The van der Waals surface area contributed by atoms with Gasteiger partial charge in [-0.2, -0.15) is 11.3 Å². The number of hydrogen-bond acceptors (Lipinski definition) is 5. The molecule has 0 fully saturated rings. The summed E-state index contributed by atoms with van der Waals surface area (Å²) in [6.45, 7) is 1.11. The summed E-state index contributed by atoms with van der Waals surface area (Å²) in [7, 11) is 0. The molecule has 0 radical (unpaired) electrons. The normalized spacial score (nSPS) is 12.0. The van der Waals surface area contributed by atoms with Crippen LogP contribution in [0.4, 0.5) is 5.95 Å². The van der Waals surface area contributed by atoms with Crippen molar-refractivity contribution in [3.05, 3.63) is 76.7 Å². The molecule has 0 saturated heterocycles. The molecule has 0 aliphatic carbocycles. The first-order chi connectivity index (χ1) is 10.8. The molecule has 0 spiro atoms. The third-order valence-electron chi connectivity index (χ3n) is 3.37. The Morgan fingerprint density at radius 3 is 2.50 bits per heavy atom. The molecule has 4 nitrogen and oxygen atoms in total. The number of anilines is 1. The van der Waals surface area contributed by atoms with E-state index in [9.17, 15) is 5.11 Å². The van der Waals surface area contributed by atoms with Gasteiger partial charge in [-0.05, 0) is 34.0 Å². The minimum atomic E-state index is -0.557. The molecule has 0 aliphatic rings. The molecule has 5 heteroatoms. The second-order valence-corrected chi connectivity index (χ2v) is 5.77. The third kappa shape index (κ3) is 3.69. The van der Waals surface area contributed by atoms with Crippen molar-refractivity contribution in [3.63, 3.8) is 0 Å². The van der Waals surface area contributed by atoms with Crippen LogP contribution in [0.25, 0.3) is 0 Å². The molecule has 0 bridgehead atoms. The van der Waals surface area contributed by atoms with E-state index in [0.717, 1.165) is 11.1 Å².